The molecule has 2 rings (SSSR count). The summed E-state index contributed by atoms with van der Waals surface area (Å²) in [7, 11) is -1.48. The molecule has 0 atom stereocenters. The molecule has 0 aliphatic heterocycles. The Morgan fingerprint density at radius 2 is 1.44 bits per heavy atom. The third kappa shape index (κ3) is 8.72. The van der Waals surface area contributed by atoms with E-state index < -0.39 is 10.0 Å². The molecule has 0 aliphatic carbocycles. The number of aliphatic imine (C=N–C) groups is 1. The van der Waals surface area contributed by atoms with Gasteiger partial charge in [-0.15, -0.1) is 24.0 Å². The van der Waals surface area contributed by atoms with Crippen molar-refractivity contribution in [2.24, 2.45) is 4.99 Å². The smallest absolute Gasteiger partial charge is 0.208 e. The molecule has 0 heterocycles. The molecular weight excluding hydrogens is 475 g/mol. The molecule has 0 fully saturated rings. The molecule has 0 bridgehead atoms. The van der Waals surface area contributed by atoms with Crippen LogP contribution in [-0.2, 0) is 10.0 Å². The van der Waals surface area contributed by atoms with Crippen LogP contribution in [0, 0.1) is 0 Å². The summed E-state index contributed by atoms with van der Waals surface area (Å²) >= 11 is 0. The number of nitrogens with zero attached hydrogens (tertiary/aromatic N) is 1. The van der Waals surface area contributed by atoms with Crippen LogP contribution in [0.3, 0.4) is 0 Å². The van der Waals surface area contributed by atoms with Crippen molar-refractivity contribution < 1.29 is 8.42 Å². The van der Waals surface area contributed by atoms with E-state index in [9.17, 15) is 8.42 Å². The van der Waals surface area contributed by atoms with Crippen LogP contribution < -0.4 is 15.4 Å². The summed E-state index contributed by atoms with van der Waals surface area (Å²) in [5.74, 6) is 0.822. The molecule has 0 amide bonds. The third-order valence-corrected chi connectivity index (χ3v) is 4.61. The van der Waals surface area contributed by atoms with Crippen LogP contribution in [0.2, 0.25) is 0 Å². The summed E-state index contributed by atoms with van der Waals surface area (Å²) in [5.41, 5.74) is 2.45. The molecule has 6 nitrogen and oxygen atoms in total. The number of hydrogen-bond donors (Lipinski definition) is 3. The van der Waals surface area contributed by atoms with E-state index in [2.05, 4.69) is 44.6 Å². The van der Waals surface area contributed by atoms with Crippen LogP contribution in [0.25, 0.3) is 0 Å². The Morgan fingerprint density at radius 1 is 0.926 bits per heavy atom. The molecule has 27 heavy (non-hydrogen) atoms. The van der Waals surface area contributed by atoms with Gasteiger partial charge in [0.25, 0.3) is 0 Å². The van der Waals surface area contributed by atoms with Gasteiger partial charge in [0, 0.05) is 32.6 Å². The number of nitrogens with one attached hydrogen (secondary N) is 3. The monoisotopic (exact) mass is 502 g/mol. The van der Waals surface area contributed by atoms with Gasteiger partial charge in [-0.1, -0.05) is 60.7 Å². The fourth-order valence-electron chi connectivity index (χ4n) is 2.64. The molecule has 8 heteroatoms. The maximum atomic E-state index is 11.1. The van der Waals surface area contributed by atoms with Crippen molar-refractivity contribution in [2.75, 3.05) is 32.9 Å². The molecule has 0 spiro atoms. The van der Waals surface area contributed by atoms with Gasteiger partial charge in [0.15, 0.2) is 5.96 Å². The average molecular weight is 502 g/mol. The number of halogens is 1. The second-order valence-corrected chi connectivity index (χ2v) is 7.75. The first-order valence-corrected chi connectivity index (χ1v) is 10.4. The second kappa shape index (κ2) is 11.9. The first kappa shape index (κ1) is 23.4. The second-order valence-electron chi connectivity index (χ2n) is 5.92. The molecule has 0 unspecified atom stereocenters. The highest BCUT2D eigenvalue weighted by molar-refractivity contribution is 14.0. The summed E-state index contributed by atoms with van der Waals surface area (Å²) in [6.07, 6.45) is 1.14. The van der Waals surface area contributed by atoms with Gasteiger partial charge in [-0.3, -0.25) is 4.99 Å². The van der Waals surface area contributed by atoms with Crippen molar-refractivity contribution >= 4 is 40.0 Å². The molecule has 0 radical (unpaired) electrons. The van der Waals surface area contributed by atoms with Crippen molar-refractivity contribution in [3.63, 3.8) is 0 Å². The fraction of sp³-hybridized carbons (Fsp3) is 0.316. The summed E-state index contributed by atoms with van der Waals surface area (Å²) in [6, 6.07) is 20.6. The molecule has 2 aromatic rings. The number of hydrogen-bond acceptors (Lipinski definition) is 3. The number of benzene rings is 2. The van der Waals surface area contributed by atoms with Crippen LogP contribution in [-0.4, -0.2) is 47.3 Å². The topological polar surface area (TPSA) is 82.6 Å². The lowest BCUT2D eigenvalue weighted by molar-refractivity contribution is 0.586. The van der Waals surface area contributed by atoms with Crippen molar-refractivity contribution in [1.29, 1.82) is 0 Å². The van der Waals surface area contributed by atoms with E-state index in [0.717, 1.165) is 6.26 Å². The highest BCUT2D eigenvalue weighted by Gasteiger charge is 2.14. The van der Waals surface area contributed by atoms with E-state index in [0.29, 0.717) is 25.6 Å². The first-order valence-electron chi connectivity index (χ1n) is 8.48. The van der Waals surface area contributed by atoms with Crippen LogP contribution in [0.4, 0.5) is 0 Å². The summed E-state index contributed by atoms with van der Waals surface area (Å²) in [4.78, 5) is 4.20. The van der Waals surface area contributed by atoms with E-state index in [-0.39, 0.29) is 29.9 Å². The molecule has 148 valence electrons. The predicted octanol–water partition coefficient (Wildman–Crippen LogP) is 2.15. The summed E-state index contributed by atoms with van der Waals surface area (Å²) in [5, 5.41) is 6.44. The van der Waals surface area contributed by atoms with Crippen LogP contribution in [0.1, 0.15) is 17.0 Å². The highest BCUT2D eigenvalue weighted by atomic mass is 127. The van der Waals surface area contributed by atoms with Gasteiger partial charge >= 0.3 is 0 Å². The number of sulfonamides is 1. The molecule has 3 N–H and O–H groups in total. The quantitative estimate of drug-likeness (QED) is 0.224. The maximum absolute atomic E-state index is 11.1. The van der Waals surface area contributed by atoms with Crippen LogP contribution in [0.5, 0.6) is 0 Å². The van der Waals surface area contributed by atoms with E-state index in [1.165, 1.54) is 11.1 Å². The van der Waals surface area contributed by atoms with Crippen molar-refractivity contribution in [3.8, 4) is 0 Å². The van der Waals surface area contributed by atoms with Gasteiger partial charge in [0.05, 0.1) is 6.26 Å². The van der Waals surface area contributed by atoms with Crippen LogP contribution >= 0.6 is 24.0 Å². The zero-order valence-corrected chi connectivity index (χ0v) is 18.7. The minimum Gasteiger partial charge on any atom is -0.355 e. The number of guanidine groups is 1. The zero-order valence-electron chi connectivity index (χ0n) is 15.6. The Labute approximate surface area is 178 Å². The van der Waals surface area contributed by atoms with Gasteiger partial charge in [-0.25, -0.2) is 13.1 Å². The van der Waals surface area contributed by atoms with Gasteiger partial charge in [-0.05, 0) is 11.1 Å². The Morgan fingerprint density at radius 3 is 1.89 bits per heavy atom. The number of rotatable bonds is 8. The van der Waals surface area contributed by atoms with Crippen LogP contribution in [0.15, 0.2) is 65.7 Å². The zero-order chi connectivity index (χ0) is 18.8. The molecule has 0 saturated heterocycles. The van der Waals surface area contributed by atoms with Gasteiger partial charge in [0.2, 0.25) is 10.0 Å². The maximum Gasteiger partial charge on any atom is 0.208 e. The summed E-state index contributed by atoms with van der Waals surface area (Å²) in [6.45, 7) is 1.43. The largest absolute Gasteiger partial charge is 0.355 e. The minimum atomic E-state index is -3.18. The SMILES string of the molecule is CN=C(NCCNS(C)(=O)=O)NCC(c1ccccc1)c1ccccc1.I. The van der Waals surface area contributed by atoms with Crippen molar-refractivity contribution in [1.82, 2.24) is 15.4 Å². The summed E-state index contributed by atoms with van der Waals surface area (Å²) < 4.78 is 24.6. The van der Waals surface area contributed by atoms with E-state index >= 15 is 0 Å². The highest BCUT2D eigenvalue weighted by Crippen LogP contribution is 2.23. The lowest BCUT2D eigenvalue weighted by Gasteiger charge is -2.20. The van der Waals surface area contributed by atoms with E-state index in [1.54, 1.807) is 7.05 Å². The van der Waals surface area contributed by atoms with E-state index in [1.807, 2.05) is 36.4 Å². The van der Waals surface area contributed by atoms with Gasteiger partial charge < -0.3 is 10.6 Å². The molecular formula is C19H27IN4O2S. The van der Waals surface area contributed by atoms with E-state index in [4.69, 9.17) is 0 Å². The molecule has 0 saturated carbocycles. The normalized spacial score (nSPS) is 11.7. The Balaban J connectivity index is 0.00000364. The average Bonchev–Trinajstić information content (AvgIpc) is 2.64. The van der Waals surface area contributed by atoms with Crippen molar-refractivity contribution in [2.45, 2.75) is 5.92 Å². The fourth-order valence-corrected chi connectivity index (χ4v) is 3.11. The first-order chi connectivity index (χ1) is 12.5. The predicted molar refractivity (Wildman–Crippen MR) is 122 cm³/mol. The van der Waals surface area contributed by atoms with Crippen molar-refractivity contribution in [3.05, 3.63) is 71.8 Å². The lowest BCUT2D eigenvalue weighted by atomic mass is 9.91. The Kier molecular flexibility index (Phi) is 10.3. The molecule has 2 aromatic carbocycles. The third-order valence-electron chi connectivity index (χ3n) is 3.88. The molecule has 0 aliphatic rings. The van der Waals surface area contributed by atoms with Gasteiger partial charge in [0.1, 0.15) is 0 Å². The standard InChI is InChI=1S/C19H26N4O2S.HI/c1-20-19(21-13-14-23-26(2,24)25)22-15-18(16-9-5-3-6-10-16)17-11-7-4-8-12-17;/h3-12,18,23H,13-15H2,1-2H3,(H2,20,21,22);1H. The lowest BCUT2D eigenvalue weighted by Crippen LogP contribution is -2.42. The molecule has 0 aromatic heterocycles. The minimum absolute atomic E-state index is 0. The Bertz CT molecular complexity index is 759. The van der Waals surface area contributed by atoms with Gasteiger partial charge in [-0.2, -0.15) is 0 Å². The Hall–Kier alpha value is -1.65.